The first-order valence-electron chi connectivity index (χ1n) is 5.79. The molecular formula is C13H14Cl2O3. The smallest absolute Gasteiger partial charge is 0.310 e. The van der Waals surface area contributed by atoms with Gasteiger partial charge in [-0.2, -0.15) is 0 Å². The normalized spacial score (nSPS) is 18.6. The molecule has 1 aliphatic heterocycles. The standard InChI is InChI=1S/C13H14Cl2O3/c14-10-2-1-9(11(15)7-10)8-13(12(16)17)3-5-18-6-4-13/h1-2,7H,3-6,8H2,(H,16,17). The van der Waals surface area contributed by atoms with E-state index in [0.29, 0.717) is 42.5 Å². The topological polar surface area (TPSA) is 46.5 Å². The summed E-state index contributed by atoms with van der Waals surface area (Å²) in [6.45, 7) is 0.967. The molecule has 2 rings (SSSR count). The monoisotopic (exact) mass is 288 g/mol. The largest absolute Gasteiger partial charge is 0.481 e. The Morgan fingerprint density at radius 2 is 2.00 bits per heavy atom. The summed E-state index contributed by atoms with van der Waals surface area (Å²) in [7, 11) is 0. The Balaban J connectivity index is 2.26. The summed E-state index contributed by atoms with van der Waals surface area (Å²) >= 11 is 11.9. The fraction of sp³-hybridized carbons (Fsp3) is 0.462. The number of carboxylic acid groups (broad SMARTS) is 1. The number of hydrogen-bond donors (Lipinski definition) is 1. The first-order chi connectivity index (χ1) is 8.53. The zero-order chi connectivity index (χ0) is 13.2. The van der Waals surface area contributed by atoms with E-state index in [1.54, 1.807) is 18.2 Å². The van der Waals surface area contributed by atoms with E-state index in [1.165, 1.54) is 0 Å². The molecule has 0 aromatic heterocycles. The predicted molar refractivity (Wildman–Crippen MR) is 70.3 cm³/mol. The maximum absolute atomic E-state index is 11.5. The maximum atomic E-state index is 11.5. The van der Waals surface area contributed by atoms with Crippen LogP contribution in [-0.4, -0.2) is 24.3 Å². The molecule has 0 bridgehead atoms. The van der Waals surface area contributed by atoms with Gasteiger partial charge in [0.2, 0.25) is 0 Å². The second-order valence-electron chi connectivity index (χ2n) is 4.61. The third-order valence-electron chi connectivity index (χ3n) is 3.45. The molecule has 18 heavy (non-hydrogen) atoms. The molecular weight excluding hydrogens is 275 g/mol. The number of ether oxygens (including phenoxy) is 1. The summed E-state index contributed by atoms with van der Waals surface area (Å²) < 4.78 is 5.24. The highest BCUT2D eigenvalue weighted by Crippen LogP contribution is 2.37. The highest BCUT2D eigenvalue weighted by Gasteiger charge is 2.40. The van der Waals surface area contributed by atoms with Crippen LogP contribution in [0.4, 0.5) is 0 Å². The summed E-state index contributed by atoms with van der Waals surface area (Å²) in [6.07, 6.45) is 1.45. The van der Waals surface area contributed by atoms with E-state index in [1.807, 2.05) is 0 Å². The SMILES string of the molecule is O=C(O)C1(Cc2ccc(Cl)cc2Cl)CCOCC1. The molecule has 5 heteroatoms. The molecule has 0 radical (unpaired) electrons. The van der Waals surface area contributed by atoms with Crippen LogP contribution in [0.2, 0.25) is 10.0 Å². The van der Waals surface area contributed by atoms with Crippen LogP contribution in [0.5, 0.6) is 0 Å². The lowest BCUT2D eigenvalue weighted by Crippen LogP contribution is -2.39. The van der Waals surface area contributed by atoms with Crippen molar-refractivity contribution in [2.45, 2.75) is 19.3 Å². The molecule has 1 N–H and O–H groups in total. The van der Waals surface area contributed by atoms with Gasteiger partial charge in [-0.05, 0) is 37.0 Å². The average Bonchev–Trinajstić information content (AvgIpc) is 2.34. The molecule has 0 amide bonds. The summed E-state index contributed by atoms with van der Waals surface area (Å²) in [5.41, 5.74) is 0.0563. The fourth-order valence-corrected chi connectivity index (χ4v) is 2.73. The number of carboxylic acids is 1. The lowest BCUT2D eigenvalue weighted by molar-refractivity contribution is -0.154. The number of hydrogen-bond acceptors (Lipinski definition) is 2. The number of aliphatic carboxylic acids is 1. The van der Waals surface area contributed by atoms with E-state index in [9.17, 15) is 9.90 Å². The van der Waals surface area contributed by atoms with Crippen molar-refractivity contribution in [1.29, 1.82) is 0 Å². The minimum absolute atomic E-state index is 0.418. The summed E-state index contributed by atoms with van der Waals surface area (Å²) in [4.78, 5) is 11.5. The first kappa shape index (κ1) is 13.7. The molecule has 1 saturated heterocycles. The number of carbonyl (C=O) groups is 1. The number of benzene rings is 1. The molecule has 1 aromatic rings. The number of rotatable bonds is 3. The van der Waals surface area contributed by atoms with E-state index in [2.05, 4.69) is 0 Å². The van der Waals surface area contributed by atoms with Gasteiger partial charge in [-0.1, -0.05) is 29.3 Å². The first-order valence-corrected chi connectivity index (χ1v) is 6.54. The van der Waals surface area contributed by atoms with Crippen molar-refractivity contribution in [3.63, 3.8) is 0 Å². The van der Waals surface area contributed by atoms with Crippen molar-refractivity contribution >= 4 is 29.2 Å². The second kappa shape index (κ2) is 5.47. The van der Waals surface area contributed by atoms with E-state index in [0.717, 1.165) is 5.56 Å². The Labute approximate surface area is 116 Å². The molecule has 98 valence electrons. The van der Waals surface area contributed by atoms with E-state index >= 15 is 0 Å². The Morgan fingerprint density at radius 3 is 2.56 bits per heavy atom. The van der Waals surface area contributed by atoms with Crippen molar-refractivity contribution in [2.24, 2.45) is 5.41 Å². The number of halogens is 2. The van der Waals surface area contributed by atoms with Gasteiger partial charge in [-0.15, -0.1) is 0 Å². The zero-order valence-corrected chi connectivity index (χ0v) is 11.3. The highest BCUT2D eigenvalue weighted by atomic mass is 35.5. The third-order valence-corrected chi connectivity index (χ3v) is 4.03. The molecule has 3 nitrogen and oxygen atoms in total. The molecule has 0 spiro atoms. The van der Waals surface area contributed by atoms with Crippen LogP contribution < -0.4 is 0 Å². The van der Waals surface area contributed by atoms with Gasteiger partial charge in [0, 0.05) is 23.3 Å². The van der Waals surface area contributed by atoms with Gasteiger partial charge in [0.15, 0.2) is 0 Å². The van der Waals surface area contributed by atoms with Gasteiger partial charge >= 0.3 is 5.97 Å². The van der Waals surface area contributed by atoms with Crippen molar-refractivity contribution < 1.29 is 14.6 Å². The van der Waals surface area contributed by atoms with Gasteiger partial charge in [0.25, 0.3) is 0 Å². The quantitative estimate of drug-likeness (QED) is 0.927. The minimum atomic E-state index is -0.781. The van der Waals surface area contributed by atoms with Crippen molar-refractivity contribution in [2.75, 3.05) is 13.2 Å². The van der Waals surface area contributed by atoms with Crippen LogP contribution in [-0.2, 0) is 16.0 Å². The fourth-order valence-electron chi connectivity index (χ4n) is 2.26. The van der Waals surface area contributed by atoms with Crippen LogP contribution in [0.15, 0.2) is 18.2 Å². The molecule has 1 heterocycles. The zero-order valence-electron chi connectivity index (χ0n) is 9.79. The van der Waals surface area contributed by atoms with Crippen LogP contribution in [0.1, 0.15) is 18.4 Å². The van der Waals surface area contributed by atoms with Crippen LogP contribution in [0.25, 0.3) is 0 Å². The maximum Gasteiger partial charge on any atom is 0.310 e. The molecule has 0 aliphatic carbocycles. The van der Waals surface area contributed by atoms with Gasteiger partial charge in [0.1, 0.15) is 0 Å². The molecule has 1 fully saturated rings. The van der Waals surface area contributed by atoms with Crippen molar-refractivity contribution in [3.8, 4) is 0 Å². The summed E-state index contributed by atoms with van der Waals surface area (Å²) in [5.74, 6) is -0.781. The second-order valence-corrected chi connectivity index (χ2v) is 5.45. The molecule has 1 aliphatic rings. The Hall–Kier alpha value is -0.770. The molecule has 0 saturated carbocycles. The predicted octanol–water partition coefficient (Wildman–Crippen LogP) is 3.42. The van der Waals surface area contributed by atoms with E-state index in [-0.39, 0.29) is 0 Å². The van der Waals surface area contributed by atoms with Gasteiger partial charge in [-0.3, -0.25) is 4.79 Å². The summed E-state index contributed by atoms with van der Waals surface area (Å²) in [5, 5.41) is 10.5. The van der Waals surface area contributed by atoms with Crippen LogP contribution >= 0.6 is 23.2 Å². The van der Waals surface area contributed by atoms with Crippen molar-refractivity contribution in [3.05, 3.63) is 33.8 Å². The Bertz CT molecular complexity index is 454. The Kier molecular flexibility index (Phi) is 4.15. The lowest BCUT2D eigenvalue weighted by atomic mass is 9.75. The minimum Gasteiger partial charge on any atom is -0.481 e. The van der Waals surface area contributed by atoms with E-state index < -0.39 is 11.4 Å². The molecule has 0 atom stereocenters. The van der Waals surface area contributed by atoms with Crippen LogP contribution in [0.3, 0.4) is 0 Å². The molecule has 1 aromatic carbocycles. The summed E-state index contributed by atoms with van der Waals surface area (Å²) in [6, 6.07) is 5.18. The van der Waals surface area contributed by atoms with E-state index in [4.69, 9.17) is 27.9 Å². The van der Waals surface area contributed by atoms with Crippen LogP contribution in [0, 0.1) is 5.41 Å². The Morgan fingerprint density at radius 1 is 1.33 bits per heavy atom. The average molecular weight is 289 g/mol. The van der Waals surface area contributed by atoms with Gasteiger partial charge < -0.3 is 9.84 Å². The van der Waals surface area contributed by atoms with Crippen molar-refractivity contribution in [1.82, 2.24) is 0 Å². The lowest BCUT2D eigenvalue weighted by Gasteiger charge is -2.33. The third kappa shape index (κ3) is 2.79. The van der Waals surface area contributed by atoms with Gasteiger partial charge in [0.05, 0.1) is 5.41 Å². The molecule has 0 unspecified atom stereocenters. The van der Waals surface area contributed by atoms with Gasteiger partial charge in [-0.25, -0.2) is 0 Å². The highest BCUT2D eigenvalue weighted by molar-refractivity contribution is 6.35.